The number of hydrogen-bond donors (Lipinski definition) is 2. The van der Waals surface area contributed by atoms with Gasteiger partial charge in [-0.25, -0.2) is 14.0 Å². The molecule has 0 aliphatic carbocycles. The second-order valence-corrected chi connectivity index (χ2v) is 4.83. The van der Waals surface area contributed by atoms with Crippen LogP contribution in [0, 0.1) is 11.7 Å². The van der Waals surface area contributed by atoms with E-state index in [2.05, 4.69) is 5.32 Å². The van der Waals surface area contributed by atoms with Crippen LogP contribution in [0.4, 0.5) is 14.9 Å². The number of amides is 2. The molecule has 5 nitrogen and oxygen atoms in total. The number of carboxylic acid groups (broad SMARTS) is 1. The standard InChI is InChI=1S/C14H19FN2O3/c1-4-17(8-9(2)3)14(20)16-11-7-5-6-10(15)12(11)13(18)19/h5-7,9H,4,8H2,1-3H3,(H,16,20)(H,18,19). The molecule has 6 heteroatoms. The first-order chi connectivity index (χ1) is 9.36. The molecule has 20 heavy (non-hydrogen) atoms. The van der Waals surface area contributed by atoms with Gasteiger partial charge in [0.05, 0.1) is 5.69 Å². The van der Waals surface area contributed by atoms with Crippen LogP contribution in [-0.4, -0.2) is 35.1 Å². The first-order valence-corrected chi connectivity index (χ1v) is 6.44. The third kappa shape index (κ3) is 3.94. The molecule has 0 saturated heterocycles. The molecule has 0 aromatic heterocycles. The first-order valence-electron chi connectivity index (χ1n) is 6.44. The van der Waals surface area contributed by atoms with Gasteiger partial charge in [0.25, 0.3) is 0 Å². The molecule has 0 radical (unpaired) electrons. The fraction of sp³-hybridized carbons (Fsp3) is 0.429. The minimum atomic E-state index is -1.41. The van der Waals surface area contributed by atoms with Gasteiger partial charge in [0.2, 0.25) is 0 Å². The number of halogens is 1. The SMILES string of the molecule is CCN(CC(C)C)C(=O)Nc1cccc(F)c1C(=O)O. The van der Waals surface area contributed by atoms with Crippen LogP contribution in [0.1, 0.15) is 31.1 Å². The van der Waals surface area contributed by atoms with Gasteiger partial charge in [-0.15, -0.1) is 0 Å². The number of benzene rings is 1. The summed E-state index contributed by atoms with van der Waals surface area (Å²) >= 11 is 0. The molecule has 0 unspecified atom stereocenters. The number of carbonyl (C=O) groups excluding carboxylic acids is 1. The van der Waals surface area contributed by atoms with Crippen molar-refractivity contribution in [2.45, 2.75) is 20.8 Å². The molecule has 0 saturated carbocycles. The van der Waals surface area contributed by atoms with Gasteiger partial charge in [-0.3, -0.25) is 0 Å². The average Bonchev–Trinajstić information content (AvgIpc) is 2.35. The Hall–Kier alpha value is -2.11. The number of carboxylic acids is 1. The van der Waals surface area contributed by atoms with E-state index in [1.54, 1.807) is 4.90 Å². The lowest BCUT2D eigenvalue weighted by Crippen LogP contribution is -2.37. The Kier molecular flexibility index (Phi) is 5.49. The lowest BCUT2D eigenvalue weighted by molar-refractivity contribution is 0.0693. The number of carbonyl (C=O) groups is 2. The van der Waals surface area contributed by atoms with E-state index in [-0.39, 0.29) is 11.6 Å². The van der Waals surface area contributed by atoms with Crippen LogP contribution in [0.15, 0.2) is 18.2 Å². The van der Waals surface area contributed by atoms with Crippen molar-refractivity contribution in [1.82, 2.24) is 4.90 Å². The molecular formula is C14H19FN2O3. The van der Waals surface area contributed by atoms with E-state index in [9.17, 15) is 14.0 Å². The van der Waals surface area contributed by atoms with Crippen molar-refractivity contribution < 1.29 is 19.1 Å². The molecule has 0 bridgehead atoms. The fourth-order valence-electron chi connectivity index (χ4n) is 1.84. The maximum absolute atomic E-state index is 13.5. The maximum Gasteiger partial charge on any atom is 0.340 e. The van der Waals surface area contributed by atoms with Gasteiger partial charge in [-0.05, 0) is 25.0 Å². The summed E-state index contributed by atoms with van der Waals surface area (Å²) in [4.78, 5) is 24.6. The van der Waals surface area contributed by atoms with E-state index in [0.717, 1.165) is 6.07 Å². The summed E-state index contributed by atoms with van der Waals surface area (Å²) in [6.07, 6.45) is 0. The van der Waals surface area contributed by atoms with Crippen molar-refractivity contribution >= 4 is 17.7 Å². The van der Waals surface area contributed by atoms with Crippen molar-refractivity contribution in [3.63, 3.8) is 0 Å². The lowest BCUT2D eigenvalue weighted by Gasteiger charge is -2.23. The monoisotopic (exact) mass is 282 g/mol. The molecule has 2 N–H and O–H groups in total. The highest BCUT2D eigenvalue weighted by Gasteiger charge is 2.19. The van der Waals surface area contributed by atoms with Gasteiger partial charge in [0, 0.05) is 13.1 Å². The summed E-state index contributed by atoms with van der Waals surface area (Å²) in [6.45, 7) is 6.80. The minimum Gasteiger partial charge on any atom is -0.478 e. The zero-order valence-corrected chi connectivity index (χ0v) is 11.8. The van der Waals surface area contributed by atoms with Gasteiger partial charge < -0.3 is 15.3 Å². The number of aromatic carboxylic acids is 1. The van der Waals surface area contributed by atoms with E-state index < -0.39 is 23.4 Å². The van der Waals surface area contributed by atoms with Crippen LogP contribution in [0.5, 0.6) is 0 Å². The second-order valence-electron chi connectivity index (χ2n) is 4.83. The normalized spacial score (nSPS) is 10.4. The molecular weight excluding hydrogens is 263 g/mol. The largest absolute Gasteiger partial charge is 0.478 e. The van der Waals surface area contributed by atoms with Gasteiger partial charge in [0.1, 0.15) is 11.4 Å². The Morgan fingerprint density at radius 1 is 1.40 bits per heavy atom. The highest BCUT2D eigenvalue weighted by Crippen LogP contribution is 2.19. The summed E-state index contributed by atoms with van der Waals surface area (Å²) in [5.41, 5.74) is -0.564. The van der Waals surface area contributed by atoms with Gasteiger partial charge in [-0.1, -0.05) is 19.9 Å². The van der Waals surface area contributed by atoms with Gasteiger partial charge >= 0.3 is 12.0 Å². The van der Waals surface area contributed by atoms with Crippen LogP contribution >= 0.6 is 0 Å². The quantitative estimate of drug-likeness (QED) is 0.872. The van der Waals surface area contributed by atoms with E-state index in [0.29, 0.717) is 13.1 Å². The zero-order chi connectivity index (χ0) is 15.3. The Bertz CT molecular complexity index is 503. The molecule has 0 fully saturated rings. The predicted molar refractivity (Wildman–Crippen MR) is 74.5 cm³/mol. The van der Waals surface area contributed by atoms with Crippen LogP contribution < -0.4 is 5.32 Å². The molecule has 0 heterocycles. The van der Waals surface area contributed by atoms with Crippen molar-refractivity contribution in [3.8, 4) is 0 Å². The Morgan fingerprint density at radius 2 is 2.05 bits per heavy atom. The van der Waals surface area contributed by atoms with Crippen molar-refractivity contribution in [2.75, 3.05) is 18.4 Å². The summed E-state index contributed by atoms with van der Waals surface area (Å²) in [5.74, 6) is -2.00. The molecule has 2 amide bonds. The predicted octanol–water partition coefficient (Wildman–Crippen LogP) is 3.03. The number of urea groups is 1. The van der Waals surface area contributed by atoms with Crippen LogP contribution in [0.2, 0.25) is 0 Å². The topological polar surface area (TPSA) is 69.6 Å². The van der Waals surface area contributed by atoms with Crippen LogP contribution in [0.3, 0.4) is 0 Å². The third-order valence-corrected chi connectivity index (χ3v) is 2.72. The molecule has 1 rings (SSSR count). The van der Waals surface area contributed by atoms with E-state index >= 15 is 0 Å². The first kappa shape index (κ1) is 15.9. The fourth-order valence-corrected chi connectivity index (χ4v) is 1.84. The molecule has 0 aliphatic heterocycles. The number of rotatable bonds is 5. The molecule has 110 valence electrons. The van der Waals surface area contributed by atoms with Crippen LogP contribution in [-0.2, 0) is 0 Å². The second kappa shape index (κ2) is 6.88. The average molecular weight is 282 g/mol. The maximum atomic E-state index is 13.5. The van der Waals surface area contributed by atoms with Crippen molar-refractivity contribution in [3.05, 3.63) is 29.6 Å². The Morgan fingerprint density at radius 3 is 2.55 bits per heavy atom. The number of nitrogens with one attached hydrogen (secondary N) is 1. The molecule has 1 aromatic carbocycles. The van der Waals surface area contributed by atoms with E-state index in [1.165, 1.54) is 12.1 Å². The highest BCUT2D eigenvalue weighted by atomic mass is 19.1. The Labute approximate surface area is 117 Å². The van der Waals surface area contributed by atoms with Gasteiger partial charge in [0.15, 0.2) is 0 Å². The molecule has 0 spiro atoms. The highest BCUT2D eigenvalue weighted by molar-refractivity contribution is 6.00. The van der Waals surface area contributed by atoms with E-state index in [4.69, 9.17) is 5.11 Å². The third-order valence-electron chi connectivity index (χ3n) is 2.72. The smallest absolute Gasteiger partial charge is 0.340 e. The van der Waals surface area contributed by atoms with Crippen molar-refractivity contribution in [2.24, 2.45) is 5.92 Å². The van der Waals surface area contributed by atoms with Gasteiger partial charge in [-0.2, -0.15) is 0 Å². The molecule has 0 aliphatic rings. The zero-order valence-electron chi connectivity index (χ0n) is 11.8. The van der Waals surface area contributed by atoms with E-state index in [1.807, 2.05) is 20.8 Å². The Balaban J connectivity index is 2.95. The molecule has 0 atom stereocenters. The van der Waals surface area contributed by atoms with Crippen molar-refractivity contribution in [1.29, 1.82) is 0 Å². The number of anilines is 1. The van der Waals surface area contributed by atoms with Crippen LogP contribution in [0.25, 0.3) is 0 Å². The number of nitrogens with zero attached hydrogens (tertiary/aromatic N) is 1. The summed E-state index contributed by atoms with van der Waals surface area (Å²) in [5, 5.41) is 11.5. The lowest BCUT2D eigenvalue weighted by atomic mass is 10.1. The summed E-state index contributed by atoms with van der Waals surface area (Å²) < 4.78 is 13.5. The summed E-state index contributed by atoms with van der Waals surface area (Å²) in [7, 11) is 0. The number of hydrogen-bond acceptors (Lipinski definition) is 2. The molecule has 1 aromatic rings. The summed E-state index contributed by atoms with van der Waals surface area (Å²) in [6, 6.07) is 3.34. The minimum absolute atomic E-state index is 0.0373.